The molecule has 0 saturated carbocycles. The molecule has 1 aromatic heterocycles. The van der Waals surface area contributed by atoms with Gasteiger partial charge in [0.15, 0.2) is 0 Å². The van der Waals surface area contributed by atoms with Crippen molar-refractivity contribution in [3.8, 4) is 22.4 Å². The third kappa shape index (κ3) is 6.71. The van der Waals surface area contributed by atoms with E-state index in [1.807, 2.05) is 6.20 Å². The molecule has 1 aliphatic heterocycles. The number of hydrogen-bond acceptors (Lipinski definition) is 3. The Hall–Kier alpha value is -4.21. The van der Waals surface area contributed by atoms with Crippen LogP contribution in [0.25, 0.3) is 22.4 Å². The molecule has 2 aliphatic rings. The molecule has 7 rings (SSSR count). The molecule has 1 saturated heterocycles. The maximum Gasteiger partial charge on any atom is 0.0705 e. The van der Waals surface area contributed by atoms with E-state index < -0.39 is 0 Å². The van der Waals surface area contributed by atoms with Crippen LogP contribution < -0.4 is 4.90 Å². The Morgan fingerprint density at radius 1 is 0.688 bits per heavy atom. The van der Waals surface area contributed by atoms with Crippen LogP contribution in [-0.2, 0) is 25.9 Å². The van der Waals surface area contributed by atoms with Gasteiger partial charge in [-0.15, -0.1) is 0 Å². The predicted molar refractivity (Wildman–Crippen MR) is 203 cm³/mol. The van der Waals surface area contributed by atoms with Gasteiger partial charge in [0.1, 0.15) is 0 Å². The summed E-state index contributed by atoms with van der Waals surface area (Å²) in [5, 5.41) is 0. The molecule has 4 aromatic carbocycles. The number of hydrogen-bond donors (Lipinski definition) is 0. The summed E-state index contributed by atoms with van der Waals surface area (Å²) in [6.45, 7) is 17.4. The van der Waals surface area contributed by atoms with Crippen LogP contribution in [-0.4, -0.2) is 29.0 Å². The summed E-state index contributed by atoms with van der Waals surface area (Å²) >= 11 is 0. The average molecular weight is 634 g/mol. The Bertz CT molecular complexity index is 1900. The van der Waals surface area contributed by atoms with Gasteiger partial charge >= 0.3 is 0 Å². The number of aryl methyl sites for hydroxylation is 6. The number of pyridine rings is 1. The Morgan fingerprint density at radius 2 is 1.33 bits per heavy atom. The van der Waals surface area contributed by atoms with Crippen molar-refractivity contribution in [2.75, 3.05) is 18.0 Å². The minimum atomic E-state index is 0.502. The van der Waals surface area contributed by atoms with Crippen molar-refractivity contribution in [3.63, 3.8) is 0 Å². The lowest BCUT2D eigenvalue weighted by Gasteiger charge is -2.40. The summed E-state index contributed by atoms with van der Waals surface area (Å²) in [6, 6.07) is 30.8. The molecule has 0 N–H and O–H groups in total. The monoisotopic (exact) mass is 633 g/mol. The number of rotatable bonds is 8. The molecule has 1 fully saturated rings. The molecule has 0 radical (unpaired) electrons. The van der Waals surface area contributed by atoms with Crippen molar-refractivity contribution in [2.24, 2.45) is 0 Å². The smallest absolute Gasteiger partial charge is 0.0705 e. The molecule has 3 heteroatoms. The van der Waals surface area contributed by atoms with Crippen LogP contribution in [0.3, 0.4) is 0 Å². The van der Waals surface area contributed by atoms with Gasteiger partial charge < -0.3 is 4.90 Å². The van der Waals surface area contributed by atoms with E-state index in [1.165, 1.54) is 86.1 Å². The van der Waals surface area contributed by atoms with E-state index in [0.717, 1.165) is 44.7 Å². The zero-order chi connectivity index (χ0) is 33.4. The second-order valence-corrected chi connectivity index (χ2v) is 14.6. The van der Waals surface area contributed by atoms with Gasteiger partial charge in [0.05, 0.1) is 5.69 Å². The molecule has 1 aliphatic carbocycles. The predicted octanol–water partition coefficient (Wildman–Crippen LogP) is 10.4. The van der Waals surface area contributed by atoms with E-state index in [2.05, 4.69) is 130 Å². The van der Waals surface area contributed by atoms with Crippen LogP contribution in [0.4, 0.5) is 5.69 Å². The first-order chi connectivity index (χ1) is 23.2. The van der Waals surface area contributed by atoms with Crippen molar-refractivity contribution >= 4 is 5.69 Å². The molecular weight excluding hydrogens is 583 g/mol. The zero-order valence-corrected chi connectivity index (χ0v) is 29.9. The normalized spacial score (nSPS) is 15.1. The average Bonchev–Trinajstić information content (AvgIpc) is 3.57. The van der Waals surface area contributed by atoms with E-state index in [9.17, 15) is 0 Å². The van der Waals surface area contributed by atoms with Crippen LogP contribution in [0.2, 0.25) is 0 Å². The summed E-state index contributed by atoms with van der Waals surface area (Å²) in [4.78, 5) is 10.2. The SMILES string of the molecule is Cc1cc(-c2cc(CN3CCC(N(Cc4ccccc4-c4cc(C)c(C)c(C)c4)c4ccc5c(c4)CCC5)CC3)ccn2)cc(C)c1C. The van der Waals surface area contributed by atoms with E-state index >= 15 is 0 Å². The molecule has 246 valence electrons. The fraction of sp³-hybridized carbons (Fsp3) is 0.356. The molecule has 0 atom stereocenters. The molecule has 0 bridgehead atoms. The zero-order valence-electron chi connectivity index (χ0n) is 29.9. The highest BCUT2D eigenvalue weighted by Crippen LogP contribution is 2.35. The highest BCUT2D eigenvalue weighted by Gasteiger charge is 2.27. The van der Waals surface area contributed by atoms with Gasteiger partial charge in [-0.2, -0.15) is 0 Å². The number of aromatic nitrogens is 1. The number of likely N-dealkylation sites (tertiary alicyclic amines) is 1. The highest BCUT2D eigenvalue weighted by atomic mass is 15.2. The van der Waals surface area contributed by atoms with Crippen molar-refractivity contribution in [2.45, 2.75) is 92.8 Å². The lowest BCUT2D eigenvalue weighted by Crippen LogP contribution is -2.44. The Labute approximate surface area is 288 Å². The number of piperidine rings is 1. The van der Waals surface area contributed by atoms with Crippen molar-refractivity contribution in [3.05, 3.63) is 141 Å². The topological polar surface area (TPSA) is 19.4 Å². The van der Waals surface area contributed by atoms with E-state index in [4.69, 9.17) is 4.98 Å². The second kappa shape index (κ2) is 13.7. The quantitative estimate of drug-likeness (QED) is 0.169. The first-order valence-electron chi connectivity index (χ1n) is 18.0. The largest absolute Gasteiger partial charge is 0.364 e. The van der Waals surface area contributed by atoms with Gasteiger partial charge in [0.25, 0.3) is 0 Å². The maximum absolute atomic E-state index is 4.77. The third-order valence-corrected chi connectivity index (χ3v) is 11.5. The van der Waals surface area contributed by atoms with Crippen molar-refractivity contribution < 1.29 is 0 Å². The second-order valence-electron chi connectivity index (χ2n) is 14.6. The molecular formula is C45H51N3. The Kier molecular flexibility index (Phi) is 9.25. The minimum absolute atomic E-state index is 0.502. The van der Waals surface area contributed by atoms with Gasteiger partial charge in [-0.3, -0.25) is 9.88 Å². The minimum Gasteiger partial charge on any atom is -0.364 e. The lowest BCUT2D eigenvalue weighted by atomic mass is 9.92. The van der Waals surface area contributed by atoms with Gasteiger partial charge in [0, 0.05) is 49.7 Å². The summed E-state index contributed by atoms with van der Waals surface area (Å²) in [5.41, 5.74) is 20.4. The number of anilines is 1. The van der Waals surface area contributed by atoms with Crippen LogP contribution in [0.1, 0.15) is 74.9 Å². The number of fused-ring (bicyclic) bond motifs is 1. The summed E-state index contributed by atoms with van der Waals surface area (Å²) in [7, 11) is 0. The van der Waals surface area contributed by atoms with Gasteiger partial charge in [-0.25, -0.2) is 0 Å². The maximum atomic E-state index is 4.77. The van der Waals surface area contributed by atoms with Crippen LogP contribution >= 0.6 is 0 Å². The van der Waals surface area contributed by atoms with Crippen molar-refractivity contribution in [1.29, 1.82) is 0 Å². The van der Waals surface area contributed by atoms with E-state index in [1.54, 1.807) is 11.1 Å². The third-order valence-electron chi connectivity index (χ3n) is 11.5. The first-order valence-corrected chi connectivity index (χ1v) is 18.0. The Morgan fingerprint density at radius 3 is 2.04 bits per heavy atom. The first kappa shape index (κ1) is 32.3. The van der Waals surface area contributed by atoms with E-state index in [0.29, 0.717) is 6.04 Å². The van der Waals surface area contributed by atoms with Gasteiger partial charge in [-0.05, 0) is 177 Å². The summed E-state index contributed by atoms with van der Waals surface area (Å²) < 4.78 is 0. The fourth-order valence-corrected chi connectivity index (χ4v) is 8.04. The number of benzene rings is 4. The fourth-order valence-electron chi connectivity index (χ4n) is 8.04. The molecule has 3 nitrogen and oxygen atoms in total. The molecule has 2 heterocycles. The van der Waals surface area contributed by atoms with Crippen LogP contribution in [0, 0.1) is 41.5 Å². The van der Waals surface area contributed by atoms with Gasteiger partial charge in [-0.1, -0.05) is 42.5 Å². The summed E-state index contributed by atoms with van der Waals surface area (Å²) in [5.74, 6) is 0. The Balaban J connectivity index is 1.12. The van der Waals surface area contributed by atoms with Crippen molar-refractivity contribution in [1.82, 2.24) is 9.88 Å². The number of nitrogens with zero attached hydrogens (tertiary/aromatic N) is 3. The lowest BCUT2D eigenvalue weighted by molar-refractivity contribution is 0.201. The molecule has 5 aromatic rings. The molecule has 0 amide bonds. The molecule has 48 heavy (non-hydrogen) atoms. The van der Waals surface area contributed by atoms with Gasteiger partial charge in [0.2, 0.25) is 0 Å². The standard InChI is InChI=1S/C45H51N3/c1-30-22-40(23-31(2)34(30)5)44-13-8-7-10-39(44)29-48(43-15-14-37-11-9-12-38(37)27-43)42-17-20-47(21-18-42)28-36-16-19-46-45(26-36)41-24-32(3)35(6)33(4)25-41/h7-8,10,13-16,19,22-27,42H,9,11-12,17-18,20-21,28-29H2,1-6H3. The van der Waals surface area contributed by atoms with Crippen LogP contribution in [0.15, 0.2) is 85.1 Å². The highest BCUT2D eigenvalue weighted by molar-refractivity contribution is 5.70. The molecule has 0 spiro atoms. The summed E-state index contributed by atoms with van der Waals surface area (Å²) in [6.07, 6.45) is 8.04. The van der Waals surface area contributed by atoms with Crippen LogP contribution in [0.5, 0.6) is 0 Å². The molecule has 0 unspecified atom stereocenters. The van der Waals surface area contributed by atoms with E-state index in [-0.39, 0.29) is 0 Å².